The Kier molecular flexibility index (Phi) is 3.60. The minimum atomic E-state index is -0.0233. The molecule has 3 nitrogen and oxygen atoms in total. The number of hydrogen-bond acceptors (Lipinski definition) is 2. The maximum absolute atomic E-state index is 12.6. The number of pyridine rings is 1. The molecule has 0 saturated heterocycles. The molecule has 0 radical (unpaired) electrons. The topological polar surface area (TPSA) is 31.2 Å². The van der Waals surface area contributed by atoms with Gasteiger partial charge in [-0.1, -0.05) is 36.4 Å². The van der Waals surface area contributed by atoms with E-state index in [4.69, 9.17) is 4.74 Å². The van der Waals surface area contributed by atoms with Crippen molar-refractivity contribution in [1.82, 2.24) is 4.57 Å². The molecule has 24 heavy (non-hydrogen) atoms. The van der Waals surface area contributed by atoms with Crippen LogP contribution in [0.25, 0.3) is 16.5 Å². The molecule has 0 amide bonds. The van der Waals surface area contributed by atoms with Gasteiger partial charge in [0, 0.05) is 17.3 Å². The van der Waals surface area contributed by atoms with Gasteiger partial charge in [0.25, 0.3) is 5.56 Å². The summed E-state index contributed by atoms with van der Waals surface area (Å²) in [6.45, 7) is 0. The van der Waals surface area contributed by atoms with Crippen LogP contribution in [-0.4, -0.2) is 4.57 Å². The molecule has 0 fully saturated rings. The van der Waals surface area contributed by atoms with Crippen molar-refractivity contribution < 1.29 is 4.74 Å². The predicted molar refractivity (Wildman–Crippen MR) is 96.1 cm³/mol. The van der Waals surface area contributed by atoms with E-state index < -0.39 is 0 Å². The van der Waals surface area contributed by atoms with Crippen molar-refractivity contribution in [1.29, 1.82) is 0 Å². The van der Waals surface area contributed by atoms with E-state index in [0.29, 0.717) is 5.39 Å². The molecule has 0 aliphatic carbocycles. The molecule has 0 atom stereocenters. The highest BCUT2D eigenvalue weighted by molar-refractivity contribution is 5.81. The first-order valence-corrected chi connectivity index (χ1v) is 7.75. The lowest BCUT2D eigenvalue weighted by molar-refractivity contribution is 0.482. The molecule has 1 aromatic heterocycles. The SMILES string of the molecule is O=c1c2ccccc2ccn1-c1ccc(Oc2ccccc2)cc1. The molecule has 116 valence electrons. The van der Waals surface area contributed by atoms with Crippen molar-refractivity contribution >= 4 is 10.8 Å². The molecule has 3 heteroatoms. The van der Waals surface area contributed by atoms with E-state index in [-0.39, 0.29) is 5.56 Å². The molecule has 4 rings (SSSR count). The summed E-state index contributed by atoms with van der Waals surface area (Å²) >= 11 is 0. The summed E-state index contributed by atoms with van der Waals surface area (Å²) in [7, 11) is 0. The van der Waals surface area contributed by atoms with Gasteiger partial charge in [0.1, 0.15) is 11.5 Å². The van der Waals surface area contributed by atoms with Crippen LogP contribution in [0, 0.1) is 0 Å². The van der Waals surface area contributed by atoms with Crippen LogP contribution in [0.3, 0.4) is 0 Å². The van der Waals surface area contributed by atoms with Crippen molar-refractivity contribution in [3.05, 3.63) is 101 Å². The van der Waals surface area contributed by atoms with Crippen LogP contribution in [0.2, 0.25) is 0 Å². The fourth-order valence-corrected chi connectivity index (χ4v) is 2.69. The quantitative estimate of drug-likeness (QED) is 0.545. The summed E-state index contributed by atoms with van der Waals surface area (Å²) < 4.78 is 7.43. The number of para-hydroxylation sites is 1. The Morgan fingerprint density at radius 1 is 0.667 bits per heavy atom. The number of nitrogens with zero attached hydrogens (tertiary/aromatic N) is 1. The van der Waals surface area contributed by atoms with Gasteiger partial charge in [0.05, 0.1) is 0 Å². The second-order valence-electron chi connectivity index (χ2n) is 5.49. The van der Waals surface area contributed by atoms with Crippen LogP contribution in [0.1, 0.15) is 0 Å². The Labute approximate surface area is 139 Å². The van der Waals surface area contributed by atoms with E-state index in [9.17, 15) is 4.79 Å². The van der Waals surface area contributed by atoms with E-state index in [2.05, 4.69) is 0 Å². The Hall–Kier alpha value is -3.33. The number of rotatable bonds is 3. The van der Waals surface area contributed by atoms with Gasteiger partial charge >= 0.3 is 0 Å². The maximum atomic E-state index is 12.6. The number of ether oxygens (including phenoxy) is 1. The summed E-state index contributed by atoms with van der Waals surface area (Å²) in [5.74, 6) is 1.52. The third-order valence-corrected chi connectivity index (χ3v) is 3.91. The van der Waals surface area contributed by atoms with Gasteiger partial charge in [-0.25, -0.2) is 0 Å². The molecule has 0 aliphatic heterocycles. The second-order valence-corrected chi connectivity index (χ2v) is 5.49. The molecule has 0 aliphatic rings. The van der Waals surface area contributed by atoms with Gasteiger partial charge < -0.3 is 4.74 Å². The van der Waals surface area contributed by atoms with Crippen LogP contribution >= 0.6 is 0 Å². The van der Waals surface area contributed by atoms with Crippen LogP contribution in [0.4, 0.5) is 0 Å². The summed E-state index contributed by atoms with van der Waals surface area (Å²) in [5, 5.41) is 1.66. The molecule has 0 unspecified atom stereocenters. The zero-order valence-electron chi connectivity index (χ0n) is 12.9. The second kappa shape index (κ2) is 6.05. The van der Waals surface area contributed by atoms with Crippen molar-refractivity contribution in [3.8, 4) is 17.2 Å². The third-order valence-electron chi connectivity index (χ3n) is 3.91. The number of aromatic nitrogens is 1. The Morgan fingerprint density at radius 3 is 2.12 bits per heavy atom. The van der Waals surface area contributed by atoms with Gasteiger partial charge in [-0.2, -0.15) is 0 Å². The standard InChI is InChI=1S/C21H15NO2/c23-21-20-9-5-4-6-16(20)14-15-22(21)17-10-12-19(13-11-17)24-18-7-2-1-3-8-18/h1-15H. The highest BCUT2D eigenvalue weighted by Crippen LogP contribution is 2.22. The first kappa shape index (κ1) is 14.3. The Morgan fingerprint density at radius 2 is 1.33 bits per heavy atom. The minimum Gasteiger partial charge on any atom is -0.457 e. The zero-order valence-corrected chi connectivity index (χ0v) is 12.9. The maximum Gasteiger partial charge on any atom is 0.262 e. The van der Waals surface area contributed by atoms with Crippen molar-refractivity contribution in [2.75, 3.05) is 0 Å². The first-order valence-electron chi connectivity index (χ1n) is 7.75. The average molecular weight is 313 g/mol. The third kappa shape index (κ3) is 2.68. The highest BCUT2D eigenvalue weighted by Gasteiger charge is 2.04. The van der Waals surface area contributed by atoms with Crippen LogP contribution in [-0.2, 0) is 0 Å². The fourth-order valence-electron chi connectivity index (χ4n) is 2.69. The normalized spacial score (nSPS) is 10.7. The van der Waals surface area contributed by atoms with E-state index in [1.165, 1.54) is 0 Å². The molecule has 0 saturated carbocycles. The number of fused-ring (bicyclic) bond motifs is 1. The zero-order chi connectivity index (χ0) is 16.4. The van der Waals surface area contributed by atoms with Gasteiger partial charge in [-0.05, 0) is 53.9 Å². The smallest absolute Gasteiger partial charge is 0.262 e. The summed E-state index contributed by atoms with van der Waals surface area (Å²) in [5.41, 5.74) is 0.788. The number of benzene rings is 3. The average Bonchev–Trinajstić information content (AvgIpc) is 2.64. The predicted octanol–water partition coefficient (Wildman–Crippen LogP) is 4.78. The Balaban J connectivity index is 1.68. The molecule has 0 bridgehead atoms. The summed E-state index contributed by atoms with van der Waals surface area (Å²) in [6.07, 6.45) is 1.80. The molecular formula is C21H15NO2. The molecule has 0 N–H and O–H groups in total. The highest BCUT2D eigenvalue weighted by atomic mass is 16.5. The molecular weight excluding hydrogens is 298 g/mol. The molecule has 0 spiro atoms. The lowest BCUT2D eigenvalue weighted by Gasteiger charge is -2.09. The van der Waals surface area contributed by atoms with Gasteiger partial charge in [0.15, 0.2) is 0 Å². The summed E-state index contributed by atoms with van der Waals surface area (Å²) in [4.78, 5) is 12.6. The van der Waals surface area contributed by atoms with Crippen molar-refractivity contribution in [2.45, 2.75) is 0 Å². The van der Waals surface area contributed by atoms with Crippen molar-refractivity contribution in [2.24, 2.45) is 0 Å². The van der Waals surface area contributed by atoms with E-state index in [1.54, 1.807) is 10.8 Å². The van der Waals surface area contributed by atoms with Crippen LogP contribution < -0.4 is 10.3 Å². The minimum absolute atomic E-state index is 0.0233. The first-order chi connectivity index (χ1) is 11.8. The lowest BCUT2D eigenvalue weighted by atomic mass is 10.1. The lowest BCUT2D eigenvalue weighted by Crippen LogP contribution is -2.17. The molecule has 3 aromatic carbocycles. The van der Waals surface area contributed by atoms with Crippen LogP contribution in [0.5, 0.6) is 11.5 Å². The van der Waals surface area contributed by atoms with E-state index in [0.717, 1.165) is 22.6 Å². The van der Waals surface area contributed by atoms with E-state index in [1.807, 2.05) is 84.9 Å². The summed E-state index contributed by atoms with van der Waals surface area (Å²) in [6, 6.07) is 26.7. The van der Waals surface area contributed by atoms with Crippen LogP contribution in [0.15, 0.2) is 95.9 Å². The molecule has 4 aromatic rings. The Bertz CT molecular complexity index is 1030. The molecule has 1 heterocycles. The van der Waals surface area contributed by atoms with Crippen molar-refractivity contribution in [3.63, 3.8) is 0 Å². The number of hydrogen-bond donors (Lipinski definition) is 0. The monoisotopic (exact) mass is 313 g/mol. The fraction of sp³-hybridized carbons (Fsp3) is 0. The largest absolute Gasteiger partial charge is 0.457 e. The van der Waals surface area contributed by atoms with Gasteiger partial charge in [-0.15, -0.1) is 0 Å². The van der Waals surface area contributed by atoms with Gasteiger partial charge in [0.2, 0.25) is 0 Å². The van der Waals surface area contributed by atoms with E-state index >= 15 is 0 Å². The van der Waals surface area contributed by atoms with Gasteiger partial charge in [-0.3, -0.25) is 9.36 Å².